The van der Waals surface area contributed by atoms with Gasteiger partial charge in [0, 0.05) is 23.9 Å². The molecule has 37 heavy (non-hydrogen) atoms. The van der Waals surface area contributed by atoms with Crippen LogP contribution in [0.4, 0.5) is 16.0 Å². The summed E-state index contributed by atoms with van der Waals surface area (Å²) in [4.78, 5) is 17.0. The summed E-state index contributed by atoms with van der Waals surface area (Å²) in [6.45, 7) is 0.241. The third-order valence-electron chi connectivity index (χ3n) is 5.87. The van der Waals surface area contributed by atoms with Crippen molar-refractivity contribution in [3.63, 3.8) is 0 Å². The summed E-state index contributed by atoms with van der Waals surface area (Å²) in [6.07, 6.45) is 1.86. The number of hydrogen-bond acceptors (Lipinski definition) is 6. The van der Waals surface area contributed by atoms with Gasteiger partial charge < -0.3 is 20.5 Å². The molecule has 0 aliphatic carbocycles. The maximum Gasteiger partial charge on any atom is 0.251 e. The molecule has 3 aromatic carbocycles. The van der Waals surface area contributed by atoms with Gasteiger partial charge in [0.15, 0.2) is 5.65 Å². The second-order valence-corrected chi connectivity index (χ2v) is 8.36. The van der Waals surface area contributed by atoms with Gasteiger partial charge in [0.1, 0.15) is 11.6 Å². The lowest BCUT2D eigenvalue weighted by atomic mass is 10.1. The van der Waals surface area contributed by atoms with Crippen LogP contribution in [0.25, 0.3) is 16.8 Å². The molecule has 3 N–H and O–H groups in total. The topological polar surface area (TPSA) is 101 Å². The number of aromatic nitrogens is 3. The largest absolute Gasteiger partial charge is 0.495 e. The first kappa shape index (κ1) is 24.0. The Bertz CT molecular complexity index is 1550. The first-order chi connectivity index (χ1) is 18.0. The maximum atomic E-state index is 13.0. The third-order valence-corrected chi connectivity index (χ3v) is 5.87. The highest BCUT2D eigenvalue weighted by molar-refractivity contribution is 5.94. The lowest BCUT2D eigenvalue weighted by molar-refractivity contribution is 0.0951. The average Bonchev–Trinajstić information content (AvgIpc) is 3.34. The van der Waals surface area contributed by atoms with Gasteiger partial charge in [-0.2, -0.15) is 4.98 Å². The fourth-order valence-corrected chi connectivity index (χ4v) is 3.87. The number of carbonyl (C=O) groups is 1. The van der Waals surface area contributed by atoms with Crippen LogP contribution in [0.3, 0.4) is 0 Å². The lowest BCUT2D eigenvalue weighted by Gasteiger charge is -2.09. The zero-order chi connectivity index (χ0) is 25.8. The highest BCUT2D eigenvalue weighted by atomic mass is 19.1. The number of methoxy groups -OCH3 is 1. The SMILES string of the molecule is COc1cc(CO)ccc1Nc1nc2ccc(-c3ccc(C(=O)NCc4ccc(F)cc4)cc3)cn2n1. The molecular formula is C28H24FN5O3. The molecule has 9 heteroatoms. The standard InChI is InChI=1S/C28H24FN5O3/c1-37-25-14-19(17-35)4-12-24(25)31-28-32-26-13-9-22(16-34(26)33-28)20-5-7-21(8-6-20)27(36)30-15-18-2-10-23(29)11-3-18/h2-14,16,35H,15,17H2,1H3,(H,30,36)(H,31,33). The maximum absolute atomic E-state index is 13.0. The van der Waals surface area contributed by atoms with Crippen molar-refractivity contribution < 1.29 is 19.0 Å². The van der Waals surface area contributed by atoms with Crippen molar-refractivity contribution in [2.75, 3.05) is 12.4 Å². The number of aliphatic hydroxyl groups excluding tert-OH is 1. The number of carbonyl (C=O) groups excluding carboxylic acids is 1. The first-order valence-electron chi connectivity index (χ1n) is 11.6. The van der Waals surface area contributed by atoms with E-state index in [9.17, 15) is 14.3 Å². The van der Waals surface area contributed by atoms with Crippen molar-refractivity contribution in [3.05, 3.63) is 108 Å². The second-order valence-electron chi connectivity index (χ2n) is 8.36. The van der Waals surface area contributed by atoms with E-state index in [1.165, 1.54) is 12.1 Å². The summed E-state index contributed by atoms with van der Waals surface area (Å²) >= 11 is 0. The van der Waals surface area contributed by atoms with E-state index in [2.05, 4.69) is 20.7 Å². The number of hydrogen-bond donors (Lipinski definition) is 3. The summed E-state index contributed by atoms with van der Waals surface area (Å²) < 4.78 is 20.1. The second kappa shape index (κ2) is 10.5. The van der Waals surface area contributed by atoms with Gasteiger partial charge in [-0.1, -0.05) is 30.3 Å². The minimum Gasteiger partial charge on any atom is -0.495 e. The van der Waals surface area contributed by atoms with E-state index in [1.807, 2.05) is 30.5 Å². The van der Waals surface area contributed by atoms with Crippen molar-refractivity contribution >= 4 is 23.2 Å². The molecule has 0 saturated heterocycles. The predicted octanol–water partition coefficient (Wildman–Crippen LogP) is 4.71. The molecule has 0 fully saturated rings. The first-order valence-corrected chi connectivity index (χ1v) is 11.6. The van der Waals surface area contributed by atoms with E-state index in [0.717, 1.165) is 22.3 Å². The van der Waals surface area contributed by atoms with Crippen LogP contribution >= 0.6 is 0 Å². The van der Waals surface area contributed by atoms with E-state index in [4.69, 9.17) is 4.74 Å². The molecular weight excluding hydrogens is 473 g/mol. The van der Waals surface area contributed by atoms with Crippen LogP contribution < -0.4 is 15.4 Å². The summed E-state index contributed by atoms with van der Waals surface area (Å²) in [5.41, 5.74) is 5.27. The quantitative estimate of drug-likeness (QED) is 0.287. The Balaban J connectivity index is 1.29. The van der Waals surface area contributed by atoms with Crippen molar-refractivity contribution in [2.24, 2.45) is 0 Å². The number of nitrogens with zero attached hydrogens (tertiary/aromatic N) is 3. The van der Waals surface area contributed by atoms with Gasteiger partial charge >= 0.3 is 0 Å². The van der Waals surface area contributed by atoms with E-state index in [0.29, 0.717) is 35.1 Å². The van der Waals surface area contributed by atoms with Crippen molar-refractivity contribution in [3.8, 4) is 16.9 Å². The van der Waals surface area contributed by atoms with Crippen LogP contribution in [0, 0.1) is 5.82 Å². The summed E-state index contributed by atoms with van der Waals surface area (Å²) in [5, 5.41) is 19.9. The predicted molar refractivity (Wildman–Crippen MR) is 138 cm³/mol. The van der Waals surface area contributed by atoms with E-state index >= 15 is 0 Å². The number of anilines is 2. The molecule has 0 spiro atoms. The average molecular weight is 498 g/mol. The zero-order valence-electron chi connectivity index (χ0n) is 20.0. The Hall–Kier alpha value is -4.76. The fourth-order valence-electron chi connectivity index (χ4n) is 3.87. The molecule has 5 aromatic rings. The summed E-state index contributed by atoms with van der Waals surface area (Å²) in [6, 6.07) is 22.4. The molecule has 0 bridgehead atoms. The number of benzene rings is 3. The van der Waals surface area contributed by atoms with Crippen molar-refractivity contribution in [1.82, 2.24) is 19.9 Å². The van der Waals surface area contributed by atoms with Gasteiger partial charge in [-0.3, -0.25) is 4.79 Å². The van der Waals surface area contributed by atoms with E-state index < -0.39 is 0 Å². The van der Waals surface area contributed by atoms with Crippen molar-refractivity contribution in [2.45, 2.75) is 13.2 Å². The number of rotatable bonds is 8. The van der Waals surface area contributed by atoms with Crippen LogP contribution in [0.15, 0.2) is 85.1 Å². The molecule has 1 amide bonds. The number of aliphatic hydroxyl groups is 1. The molecule has 2 heterocycles. The van der Waals surface area contributed by atoms with Crippen LogP contribution in [0.5, 0.6) is 5.75 Å². The molecule has 8 nitrogen and oxygen atoms in total. The minimum absolute atomic E-state index is 0.0757. The Morgan fingerprint density at radius 3 is 2.43 bits per heavy atom. The van der Waals surface area contributed by atoms with Gasteiger partial charge in [0.25, 0.3) is 5.91 Å². The Labute approximate surface area is 212 Å². The Morgan fingerprint density at radius 1 is 0.973 bits per heavy atom. The van der Waals surface area contributed by atoms with Gasteiger partial charge in [-0.05, 0) is 65.2 Å². The number of pyridine rings is 1. The highest BCUT2D eigenvalue weighted by Gasteiger charge is 2.11. The van der Waals surface area contributed by atoms with Gasteiger partial charge in [-0.15, -0.1) is 5.10 Å². The summed E-state index contributed by atoms with van der Waals surface area (Å²) in [7, 11) is 1.56. The minimum atomic E-state index is -0.309. The Kier molecular flexibility index (Phi) is 6.78. The normalized spacial score (nSPS) is 10.9. The molecule has 5 rings (SSSR count). The number of nitrogens with one attached hydrogen (secondary N) is 2. The monoisotopic (exact) mass is 497 g/mol. The number of halogens is 1. The zero-order valence-corrected chi connectivity index (χ0v) is 20.0. The molecule has 0 unspecified atom stereocenters. The van der Waals surface area contributed by atoms with Crippen LogP contribution in [0.2, 0.25) is 0 Å². The molecule has 2 aromatic heterocycles. The van der Waals surface area contributed by atoms with E-state index in [-0.39, 0.29) is 18.3 Å². The van der Waals surface area contributed by atoms with E-state index in [1.54, 1.807) is 54.1 Å². The van der Waals surface area contributed by atoms with Gasteiger partial charge in [-0.25, -0.2) is 8.91 Å². The van der Waals surface area contributed by atoms with Crippen LogP contribution in [-0.2, 0) is 13.2 Å². The van der Waals surface area contributed by atoms with Crippen LogP contribution in [0.1, 0.15) is 21.5 Å². The summed E-state index contributed by atoms with van der Waals surface area (Å²) in [5.74, 6) is 0.463. The van der Waals surface area contributed by atoms with Gasteiger partial charge in [0.2, 0.25) is 5.95 Å². The molecule has 0 atom stereocenters. The number of amides is 1. The molecule has 186 valence electrons. The molecule has 0 aliphatic rings. The number of fused-ring (bicyclic) bond motifs is 1. The molecule has 0 aliphatic heterocycles. The van der Waals surface area contributed by atoms with Gasteiger partial charge in [0.05, 0.1) is 19.4 Å². The molecule has 0 saturated carbocycles. The Morgan fingerprint density at radius 2 is 1.70 bits per heavy atom. The van der Waals surface area contributed by atoms with Crippen molar-refractivity contribution in [1.29, 1.82) is 0 Å². The fraction of sp³-hybridized carbons (Fsp3) is 0.107. The third kappa shape index (κ3) is 5.41. The number of ether oxygens (including phenoxy) is 1. The van der Waals surface area contributed by atoms with Crippen LogP contribution in [-0.4, -0.2) is 32.7 Å². The molecule has 0 radical (unpaired) electrons. The smallest absolute Gasteiger partial charge is 0.251 e. The highest BCUT2D eigenvalue weighted by Crippen LogP contribution is 2.28. The lowest BCUT2D eigenvalue weighted by Crippen LogP contribution is -2.22.